The molecule has 1 heteroatoms. The van der Waals surface area contributed by atoms with Gasteiger partial charge in [-0.05, 0) is 32.4 Å². The van der Waals surface area contributed by atoms with Crippen LogP contribution < -0.4 is 0 Å². The highest BCUT2D eigenvalue weighted by Gasteiger charge is 1.93. The molecular formula is C14H27N. The van der Waals surface area contributed by atoms with Crippen LogP contribution in [-0.2, 0) is 0 Å². The summed E-state index contributed by atoms with van der Waals surface area (Å²) in [5.74, 6) is 0. The van der Waals surface area contributed by atoms with Crippen LogP contribution in [0.4, 0.5) is 0 Å². The molecule has 0 unspecified atom stereocenters. The second-order valence-corrected chi connectivity index (χ2v) is 3.41. The van der Waals surface area contributed by atoms with E-state index >= 15 is 0 Å². The van der Waals surface area contributed by atoms with Gasteiger partial charge >= 0.3 is 0 Å². The van der Waals surface area contributed by atoms with E-state index in [9.17, 15) is 0 Å². The van der Waals surface area contributed by atoms with E-state index in [1.165, 1.54) is 12.8 Å². The fourth-order valence-corrected chi connectivity index (χ4v) is 0.648. The van der Waals surface area contributed by atoms with E-state index in [2.05, 4.69) is 32.0 Å². The fraction of sp³-hybridized carbons (Fsp3) is 0.500. The van der Waals surface area contributed by atoms with Crippen molar-refractivity contribution in [3.05, 3.63) is 36.6 Å². The van der Waals surface area contributed by atoms with Gasteiger partial charge in [0.05, 0.1) is 5.71 Å². The van der Waals surface area contributed by atoms with Crippen LogP contribution in [0.3, 0.4) is 0 Å². The maximum atomic E-state index is 4.20. The van der Waals surface area contributed by atoms with Crippen molar-refractivity contribution in [2.45, 2.75) is 47.5 Å². The van der Waals surface area contributed by atoms with Crippen molar-refractivity contribution in [2.24, 2.45) is 4.99 Å². The first-order chi connectivity index (χ1) is 7.03. The summed E-state index contributed by atoms with van der Waals surface area (Å²) in [5.41, 5.74) is 2.84. The molecule has 0 aromatic carbocycles. The normalized spacial score (nSPS) is 11.5. The molecule has 15 heavy (non-hydrogen) atoms. The molecular weight excluding hydrogens is 182 g/mol. The quantitative estimate of drug-likeness (QED) is 0.567. The highest BCUT2D eigenvalue weighted by molar-refractivity contribution is 6.08. The predicted octanol–water partition coefficient (Wildman–Crippen LogP) is 5.17. The number of allylic oxidation sites excluding steroid dienone is 4. The van der Waals surface area contributed by atoms with Gasteiger partial charge in [0, 0.05) is 7.12 Å². The first-order valence-corrected chi connectivity index (χ1v) is 5.53. The number of unbranched alkanes of at least 4 members (excludes halogenated alkanes) is 1. The predicted molar refractivity (Wildman–Crippen MR) is 74.6 cm³/mol. The Morgan fingerprint density at radius 1 is 1.27 bits per heavy atom. The Labute approximate surface area is 96.8 Å². The zero-order valence-corrected chi connectivity index (χ0v) is 10.9. The minimum absolute atomic E-state index is 0. The molecule has 0 saturated carbocycles. The third-order valence-corrected chi connectivity index (χ3v) is 1.84. The van der Waals surface area contributed by atoms with Crippen LogP contribution in [0.2, 0.25) is 0 Å². The summed E-state index contributed by atoms with van der Waals surface area (Å²) in [6.45, 7) is 17.6. The lowest BCUT2D eigenvalue weighted by Crippen LogP contribution is -1.94. The van der Waals surface area contributed by atoms with E-state index in [-0.39, 0.29) is 1.43 Å². The zero-order valence-electron chi connectivity index (χ0n) is 10.9. The first-order valence-electron chi connectivity index (χ1n) is 5.53. The van der Waals surface area contributed by atoms with Crippen LogP contribution in [0.15, 0.2) is 41.6 Å². The highest BCUT2D eigenvalue weighted by Crippen LogP contribution is 2.01. The SMILES string of the molecule is C=CC(=NC(=C)C)/C(C)=C/C.CCCC.[HH]. The second-order valence-electron chi connectivity index (χ2n) is 3.41. The molecule has 0 N–H and O–H groups in total. The summed E-state index contributed by atoms with van der Waals surface area (Å²) in [4.78, 5) is 4.20. The van der Waals surface area contributed by atoms with E-state index in [1.807, 2.05) is 26.8 Å². The van der Waals surface area contributed by atoms with Crippen molar-refractivity contribution in [1.82, 2.24) is 0 Å². The van der Waals surface area contributed by atoms with Gasteiger partial charge in [-0.3, -0.25) is 4.99 Å². The van der Waals surface area contributed by atoms with E-state index in [1.54, 1.807) is 6.08 Å². The summed E-state index contributed by atoms with van der Waals surface area (Å²) >= 11 is 0. The summed E-state index contributed by atoms with van der Waals surface area (Å²) in [6, 6.07) is 0. The van der Waals surface area contributed by atoms with Crippen LogP contribution in [0, 0.1) is 0 Å². The van der Waals surface area contributed by atoms with Gasteiger partial charge in [-0.25, -0.2) is 0 Å². The Kier molecular flexibility index (Phi) is 11.9. The molecule has 0 aromatic rings. The summed E-state index contributed by atoms with van der Waals surface area (Å²) in [7, 11) is 0. The van der Waals surface area contributed by atoms with Crippen LogP contribution in [0.5, 0.6) is 0 Å². The van der Waals surface area contributed by atoms with Crippen LogP contribution in [-0.4, -0.2) is 5.71 Å². The molecule has 0 amide bonds. The van der Waals surface area contributed by atoms with Gasteiger partial charge in [-0.2, -0.15) is 0 Å². The van der Waals surface area contributed by atoms with E-state index < -0.39 is 0 Å². The average Bonchev–Trinajstić information content (AvgIpc) is 2.24. The van der Waals surface area contributed by atoms with Crippen molar-refractivity contribution in [1.29, 1.82) is 0 Å². The highest BCUT2D eigenvalue weighted by atomic mass is 14.7. The lowest BCUT2D eigenvalue weighted by Gasteiger charge is -1.99. The first kappa shape index (κ1) is 16.3. The van der Waals surface area contributed by atoms with Gasteiger partial charge < -0.3 is 0 Å². The smallest absolute Gasteiger partial charge is 0.0652 e. The Morgan fingerprint density at radius 3 is 1.93 bits per heavy atom. The zero-order chi connectivity index (χ0) is 12.3. The van der Waals surface area contributed by atoms with Crippen molar-refractivity contribution < 1.29 is 1.43 Å². The monoisotopic (exact) mass is 209 g/mol. The molecule has 88 valence electrons. The van der Waals surface area contributed by atoms with E-state index in [0.717, 1.165) is 17.0 Å². The van der Waals surface area contributed by atoms with E-state index in [0.29, 0.717) is 0 Å². The van der Waals surface area contributed by atoms with Gasteiger partial charge in [-0.1, -0.05) is 45.9 Å². The summed E-state index contributed by atoms with van der Waals surface area (Å²) in [5, 5.41) is 0. The Hall–Kier alpha value is -1.11. The minimum atomic E-state index is 0. The number of hydrogen-bond acceptors (Lipinski definition) is 1. The van der Waals surface area contributed by atoms with Gasteiger partial charge in [-0.15, -0.1) is 0 Å². The van der Waals surface area contributed by atoms with Gasteiger partial charge in [0.15, 0.2) is 0 Å². The van der Waals surface area contributed by atoms with Crippen LogP contribution >= 0.6 is 0 Å². The largest absolute Gasteiger partial charge is 0.254 e. The molecule has 0 radical (unpaired) electrons. The maximum absolute atomic E-state index is 4.20. The van der Waals surface area contributed by atoms with Crippen molar-refractivity contribution in [2.75, 3.05) is 0 Å². The molecule has 0 rings (SSSR count). The molecule has 1 nitrogen and oxygen atoms in total. The van der Waals surface area contributed by atoms with Crippen LogP contribution in [0.25, 0.3) is 0 Å². The number of hydrogen-bond donors (Lipinski definition) is 0. The van der Waals surface area contributed by atoms with Gasteiger partial charge in [0.2, 0.25) is 0 Å². The minimum Gasteiger partial charge on any atom is -0.254 e. The average molecular weight is 209 g/mol. The summed E-state index contributed by atoms with van der Waals surface area (Å²) < 4.78 is 0. The lowest BCUT2D eigenvalue weighted by molar-refractivity contribution is 0.886. The second kappa shape index (κ2) is 11.0. The molecule has 0 spiro atoms. The van der Waals surface area contributed by atoms with Crippen molar-refractivity contribution >= 4 is 5.71 Å². The topological polar surface area (TPSA) is 12.4 Å². The fourth-order valence-electron chi connectivity index (χ4n) is 0.648. The third-order valence-electron chi connectivity index (χ3n) is 1.84. The Bertz CT molecular complexity index is 247. The molecule has 0 atom stereocenters. The van der Waals surface area contributed by atoms with Gasteiger partial charge in [0.25, 0.3) is 0 Å². The van der Waals surface area contributed by atoms with Crippen molar-refractivity contribution in [3.8, 4) is 0 Å². The number of aliphatic imine (C=N–C) groups is 1. The standard InChI is InChI=1S/C10H15N.C4H10.H2/c1-6-9(5)10(7-2)11-8(3)4;1-3-4-2;/h6-7H,2-3H2,1,4-5H3;3-4H2,1-2H3;1H/b9-6+,11-10?;;. The molecule has 0 fully saturated rings. The molecule has 0 aliphatic heterocycles. The molecule has 0 heterocycles. The van der Waals surface area contributed by atoms with E-state index in [4.69, 9.17) is 0 Å². The third kappa shape index (κ3) is 10.8. The molecule has 0 bridgehead atoms. The molecule has 0 aliphatic carbocycles. The molecule has 0 aromatic heterocycles. The van der Waals surface area contributed by atoms with Crippen molar-refractivity contribution in [3.63, 3.8) is 0 Å². The Balaban J connectivity index is -0.000000292. The number of nitrogens with zero attached hydrogens (tertiary/aromatic N) is 1. The van der Waals surface area contributed by atoms with Crippen LogP contribution in [0.1, 0.15) is 48.9 Å². The Morgan fingerprint density at radius 2 is 1.73 bits per heavy atom. The lowest BCUT2D eigenvalue weighted by atomic mass is 10.2. The number of rotatable bonds is 4. The molecule has 0 saturated heterocycles. The van der Waals surface area contributed by atoms with Gasteiger partial charge in [0.1, 0.15) is 0 Å². The maximum Gasteiger partial charge on any atom is 0.0652 e. The summed E-state index contributed by atoms with van der Waals surface area (Å²) in [6.07, 6.45) is 6.38. The molecule has 0 aliphatic rings.